The maximum Gasteiger partial charge on any atom is 0.303 e. The summed E-state index contributed by atoms with van der Waals surface area (Å²) in [5.41, 5.74) is 0. The first-order valence-electron chi connectivity index (χ1n) is 7.93. The van der Waals surface area contributed by atoms with Gasteiger partial charge in [0.15, 0.2) is 24.5 Å². The van der Waals surface area contributed by atoms with Crippen molar-refractivity contribution in [1.29, 1.82) is 0 Å². The number of hydrogen-bond acceptors (Lipinski definition) is 10. The predicted octanol–water partition coefficient (Wildman–Crippen LogP) is 0.812. The van der Waals surface area contributed by atoms with Crippen LogP contribution in [0.5, 0.6) is 0 Å². The van der Waals surface area contributed by atoms with Crippen molar-refractivity contribution >= 4 is 34.9 Å². The van der Waals surface area contributed by atoms with E-state index in [4.69, 9.17) is 23.7 Å². The van der Waals surface area contributed by atoms with E-state index in [9.17, 15) is 14.4 Å². The molecule has 10 heteroatoms. The second kappa shape index (κ2) is 9.04. The summed E-state index contributed by atoms with van der Waals surface area (Å²) >= 11 is 1.30. The molecular weight excluding hydrogens is 366 g/mol. The molecule has 0 bridgehead atoms. The van der Waals surface area contributed by atoms with Crippen molar-refractivity contribution in [3.63, 3.8) is 0 Å². The van der Waals surface area contributed by atoms with E-state index >= 15 is 0 Å². The highest BCUT2D eigenvalue weighted by Gasteiger charge is 2.54. The largest absolute Gasteiger partial charge is 0.463 e. The molecule has 2 rings (SSSR count). The number of fused-ring (bicyclic) bond motifs is 1. The minimum Gasteiger partial charge on any atom is -0.463 e. The number of thioether (sulfide) groups is 1. The SMILES string of the molecule is C=CCSC1=N[C@H]2O[C@H](COC(C)=O)[C@@H](OC(C)=O)[C@H](OC(C)=O)[C@H]2O1. The zero-order valence-corrected chi connectivity index (χ0v) is 15.5. The number of rotatable bonds is 6. The lowest BCUT2D eigenvalue weighted by molar-refractivity contribution is -0.236. The van der Waals surface area contributed by atoms with Crippen LogP contribution in [0.4, 0.5) is 0 Å². The Morgan fingerprint density at radius 2 is 1.81 bits per heavy atom. The molecule has 0 aromatic heterocycles. The summed E-state index contributed by atoms with van der Waals surface area (Å²) in [4.78, 5) is 38.5. The summed E-state index contributed by atoms with van der Waals surface area (Å²) in [6.07, 6.45) is -2.68. The van der Waals surface area contributed by atoms with Crippen molar-refractivity contribution < 1.29 is 38.1 Å². The zero-order valence-electron chi connectivity index (χ0n) is 14.7. The second-order valence-electron chi connectivity index (χ2n) is 5.59. The first-order chi connectivity index (χ1) is 12.3. The molecule has 1 fully saturated rings. The quantitative estimate of drug-likeness (QED) is 0.371. The van der Waals surface area contributed by atoms with Gasteiger partial charge in [-0.1, -0.05) is 17.8 Å². The van der Waals surface area contributed by atoms with Gasteiger partial charge in [-0.15, -0.1) is 6.58 Å². The number of ether oxygens (including phenoxy) is 5. The van der Waals surface area contributed by atoms with Crippen LogP contribution in [0.2, 0.25) is 0 Å². The van der Waals surface area contributed by atoms with E-state index in [1.54, 1.807) is 6.08 Å². The van der Waals surface area contributed by atoms with Crippen LogP contribution >= 0.6 is 11.8 Å². The Kier molecular flexibility index (Phi) is 7.04. The van der Waals surface area contributed by atoms with Gasteiger partial charge in [0.2, 0.25) is 5.23 Å². The van der Waals surface area contributed by atoms with Gasteiger partial charge < -0.3 is 23.7 Å². The number of esters is 3. The average Bonchev–Trinajstić information content (AvgIpc) is 2.95. The van der Waals surface area contributed by atoms with Gasteiger partial charge in [-0.25, -0.2) is 4.99 Å². The normalized spacial score (nSPS) is 29.7. The number of hydrogen-bond donors (Lipinski definition) is 0. The Hall–Kier alpha value is -2.07. The van der Waals surface area contributed by atoms with Crippen LogP contribution in [0.1, 0.15) is 20.8 Å². The highest BCUT2D eigenvalue weighted by molar-refractivity contribution is 8.13. The molecule has 0 aromatic rings. The van der Waals surface area contributed by atoms with Crippen molar-refractivity contribution in [2.24, 2.45) is 4.99 Å². The summed E-state index contributed by atoms with van der Waals surface area (Å²) < 4.78 is 27.1. The van der Waals surface area contributed by atoms with Crippen molar-refractivity contribution in [3.05, 3.63) is 12.7 Å². The van der Waals surface area contributed by atoms with Gasteiger partial charge in [0.05, 0.1) is 0 Å². The molecule has 0 aromatic carbocycles. The van der Waals surface area contributed by atoms with Gasteiger partial charge in [0.25, 0.3) is 0 Å². The molecule has 0 spiro atoms. The molecule has 1 saturated heterocycles. The summed E-state index contributed by atoms with van der Waals surface area (Å²) in [5.74, 6) is -1.12. The predicted molar refractivity (Wildman–Crippen MR) is 91.4 cm³/mol. The van der Waals surface area contributed by atoms with Crippen molar-refractivity contribution in [2.75, 3.05) is 12.4 Å². The molecule has 9 nitrogen and oxygen atoms in total. The van der Waals surface area contributed by atoms with Crippen LogP contribution in [-0.4, -0.2) is 66.1 Å². The van der Waals surface area contributed by atoms with E-state index in [2.05, 4.69) is 11.6 Å². The number of carbonyl (C=O) groups is 3. The maximum absolute atomic E-state index is 11.6. The minimum absolute atomic E-state index is 0.182. The van der Waals surface area contributed by atoms with Crippen LogP contribution in [0.15, 0.2) is 17.6 Å². The van der Waals surface area contributed by atoms with Gasteiger partial charge in [-0.3, -0.25) is 14.4 Å². The maximum atomic E-state index is 11.6. The molecule has 2 aliphatic heterocycles. The molecule has 2 aliphatic rings. The van der Waals surface area contributed by atoms with Crippen LogP contribution in [0.3, 0.4) is 0 Å². The summed E-state index contributed by atoms with van der Waals surface area (Å²) in [6.45, 7) is 7.15. The Morgan fingerprint density at radius 3 is 2.38 bits per heavy atom. The van der Waals surface area contributed by atoms with Crippen LogP contribution in [0.25, 0.3) is 0 Å². The van der Waals surface area contributed by atoms with Crippen LogP contribution in [0, 0.1) is 0 Å². The molecule has 0 saturated carbocycles. The third kappa shape index (κ3) is 5.21. The topological polar surface area (TPSA) is 110 Å². The third-order valence-electron chi connectivity index (χ3n) is 3.46. The summed E-state index contributed by atoms with van der Waals surface area (Å²) in [5, 5.41) is 0.353. The molecule has 0 N–H and O–H groups in total. The Balaban J connectivity index is 2.25. The summed E-state index contributed by atoms with van der Waals surface area (Å²) in [6, 6.07) is 0. The lowest BCUT2D eigenvalue weighted by Crippen LogP contribution is -2.60. The van der Waals surface area contributed by atoms with Gasteiger partial charge >= 0.3 is 17.9 Å². The zero-order chi connectivity index (χ0) is 19.3. The first-order valence-corrected chi connectivity index (χ1v) is 8.91. The summed E-state index contributed by atoms with van der Waals surface area (Å²) in [7, 11) is 0. The van der Waals surface area contributed by atoms with E-state index in [1.807, 2.05) is 0 Å². The minimum atomic E-state index is -1.00. The molecule has 5 atom stereocenters. The van der Waals surface area contributed by atoms with E-state index in [1.165, 1.54) is 32.5 Å². The standard InChI is InChI=1S/C16H21NO8S/c1-5-6-26-16-17-15-14(25-16)13(23-10(4)20)12(22-9(3)19)11(24-15)7-21-8(2)18/h5,11-15H,1,6-7H2,2-4H3/t11-,12-,13+,14-,15+/m1/s1. The molecule has 0 unspecified atom stereocenters. The third-order valence-corrected chi connectivity index (χ3v) is 4.31. The Morgan fingerprint density at radius 1 is 1.15 bits per heavy atom. The van der Waals surface area contributed by atoms with E-state index < -0.39 is 48.6 Å². The smallest absolute Gasteiger partial charge is 0.303 e. The molecule has 2 heterocycles. The van der Waals surface area contributed by atoms with E-state index in [-0.39, 0.29) is 6.61 Å². The van der Waals surface area contributed by atoms with Crippen LogP contribution in [-0.2, 0) is 38.1 Å². The molecule has 26 heavy (non-hydrogen) atoms. The van der Waals surface area contributed by atoms with Gasteiger partial charge in [0.1, 0.15) is 12.7 Å². The molecule has 0 aliphatic carbocycles. The first kappa shape index (κ1) is 20.2. The van der Waals surface area contributed by atoms with Crippen molar-refractivity contribution in [2.45, 2.75) is 51.4 Å². The molecule has 0 amide bonds. The van der Waals surface area contributed by atoms with Gasteiger partial charge in [-0.2, -0.15) is 0 Å². The highest BCUT2D eigenvalue weighted by Crippen LogP contribution is 2.34. The fourth-order valence-corrected chi connectivity index (χ4v) is 3.19. The van der Waals surface area contributed by atoms with Gasteiger partial charge in [0, 0.05) is 26.5 Å². The lowest BCUT2D eigenvalue weighted by Gasteiger charge is -2.40. The Bertz CT molecular complexity index is 607. The van der Waals surface area contributed by atoms with Crippen LogP contribution < -0.4 is 0 Å². The monoisotopic (exact) mass is 387 g/mol. The highest BCUT2D eigenvalue weighted by atomic mass is 32.2. The number of carbonyl (C=O) groups excluding carboxylic acids is 3. The molecular formula is C16H21NO8S. The Labute approximate surface area is 155 Å². The fraction of sp³-hybridized carbons (Fsp3) is 0.625. The average molecular weight is 387 g/mol. The second-order valence-corrected chi connectivity index (χ2v) is 6.56. The molecule has 0 radical (unpaired) electrons. The van der Waals surface area contributed by atoms with Gasteiger partial charge in [-0.05, 0) is 0 Å². The van der Waals surface area contributed by atoms with Crippen molar-refractivity contribution in [1.82, 2.24) is 0 Å². The fourth-order valence-electron chi connectivity index (χ4n) is 2.57. The van der Waals surface area contributed by atoms with Crippen molar-refractivity contribution in [3.8, 4) is 0 Å². The number of nitrogens with zero attached hydrogens (tertiary/aromatic N) is 1. The number of aliphatic imine (C=N–C) groups is 1. The van der Waals surface area contributed by atoms with E-state index in [0.29, 0.717) is 11.0 Å². The molecule has 144 valence electrons. The van der Waals surface area contributed by atoms with E-state index in [0.717, 1.165) is 0 Å². The lowest BCUT2D eigenvalue weighted by atomic mass is 9.98.